The minimum Gasteiger partial charge on any atom is -0.487 e. The van der Waals surface area contributed by atoms with Crippen molar-refractivity contribution in [1.82, 2.24) is 4.98 Å². The Morgan fingerprint density at radius 3 is 2.58 bits per heavy atom. The summed E-state index contributed by atoms with van der Waals surface area (Å²) in [4.78, 5) is 21.4. The number of carbonyl (C=O) groups is 1. The van der Waals surface area contributed by atoms with E-state index in [1.165, 1.54) is 6.92 Å². The van der Waals surface area contributed by atoms with Crippen molar-refractivity contribution in [2.45, 2.75) is 45.3 Å². The van der Waals surface area contributed by atoms with Crippen LogP contribution >= 0.6 is 0 Å². The number of fused-ring (bicyclic) bond motifs is 1. The molecule has 0 aliphatic heterocycles. The van der Waals surface area contributed by atoms with E-state index in [1.807, 2.05) is 60.7 Å². The predicted molar refractivity (Wildman–Crippen MR) is 119 cm³/mol. The van der Waals surface area contributed by atoms with E-state index < -0.39 is 5.97 Å². The number of pyridine rings is 1. The van der Waals surface area contributed by atoms with E-state index in [9.17, 15) is 4.79 Å². The quantitative estimate of drug-likeness (QED) is 0.385. The third-order valence-corrected chi connectivity index (χ3v) is 5.69. The summed E-state index contributed by atoms with van der Waals surface area (Å²) in [7, 11) is 0. The number of carboxylic acids is 1. The van der Waals surface area contributed by atoms with Crippen molar-refractivity contribution in [2.75, 3.05) is 0 Å². The van der Waals surface area contributed by atoms with Crippen molar-refractivity contribution in [3.8, 4) is 5.75 Å². The highest BCUT2D eigenvalue weighted by Crippen LogP contribution is 2.38. The van der Waals surface area contributed by atoms with Gasteiger partial charge in [0.2, 0.25) is 0 Å². The molecule has 0 radical (unpaired) electrons. The smallest absolute Gasteiger partial charge is 0.353 e. The summed E-state index contributed by atoms with van der Waals surface area (Å²) in [6.45, 7) is 1.82. The van der Waals surface area contributed by atoms with Gasteiger partial charge in [-0.3, -0.25) is 0 Å². The number of carboxylic acid groups (broad SMARTS) is 1. The molecule has 0 saturated heterocycles. The van der Waals surface area contributed by atoms with Crippen molar-refractivity contribution in [3.63, 3.8) is 0 Å². The molecule has 1 atom stereocenters. The van der Waals surface area contributed by atoms with E-state index in [0.29, 0.717) is 12.5 Å². The van der Waals surface area contributed by atoms with E-state index in [0.717, 1.165) is 53.6 Å². The third-order valence-electron chi connectivity index (χ3n) is 5.69. The molecular formula is C25H26N2O4. The third kappa shape index (κ3) is 5.20. The molecule has 1 aliphatic rings. The molecule has 1 unspecified atom stereocenters. The molecule has 0 amide bonds. The summed E-state index contributed by atoms with van der Waals surface area (Å²) in [5.41, 5.74) is 2.75. The van der Waals surface area contributed by atoms with Crippen LogP contribution < -0.4 is 4.74 Å². The van der Waals surface area contributed by atoms with E-state index >= 15 is 0 Å². The number of para-hydroxylation sites is 1. The second kappa shape index (κ2) is 9.60. The van der Waals surface area contributed by atoms with Crippen molar-refractivity contribution < 1.29 is 19.5 Å². The first-order valence-corrected chi connectivity index (χ1v) is 10.6. The second-order valence-electron chi connectivity index (χ2n) is 7.91. The topological polar surface area (TPSA) is 81.0 Å². The van der Waals surface area contributed by atoms with Crippen molar-refractivity contribution >= 4 is 22.6 Å². The first-order chi connectivity index (χ1) is 15.1. The van der Waals surface area contributed by atoms with Gasteiger partial charge in [-0.2, -0.15) is 0 Å². The number of hydrogen-bond acceptors (Lipinski definition) is 5. The first-order valence-electron chi connectivity index (χ1n) is 10.6. The van der Waals surface area contributed by atoms with Crippen LogP contribution in [0.3, 0.4) is 0 Å². The van der Waals surface area contributed by atoms with Gasteiger partial charge in [-0.15, -0.1) is 0 Å². The monoisotopic (exact) mass is 418 g/mol. The number of hydrogen-bond donors (Lipinski definition) is 1. The normalized spacial score (nSPS) is 15.7. The molecule has 160 valence electrons. The molecule has 1 N–H and O–H groups in total. The molecule has 0 spiro atoms. The Morgan fingerprint density at radius 1 is 1.10 bits per heavy atom. The van der Waals surface area contributed by atoms with Gasteiger partial charge >= 0.3 is 5.97 Å². The highest BCUT2D eigenvalue weighted by atomic mass is 16.6. The van der Waals surface area contributed by atoms with Gasteiger partial charge in [0.05, 0.1) is 11.2 Å². The summed E-state index contributed by atoms with van der Waals surface area (Å²) in [5, 5.41) is 14.0. The van der Waals surface area contributed by atoms with E-state index in [2.05, 4.69) is 10.1 Å². The van der Waals surface area contributed by atoms with Crippen molar-refractivity contribution in [3.05, 3.63) is 71.9 Å². The van der Waals surface area contributed by atoms with Crippen LogP contribution in [0.5, 0.6) is 5.75 Å². The van der Waals surface area contributed by atoms with Gasteiger partial charge in [0.15, 0.2) is 11.8 Å². The minimum atomic E-state index is -1.07. The van der Waals surface area contributed by atoms with Crippen molar-refractivity contribution in [1.29, 1.82) is 0 Å². The van der Waals surface area contributed by atoms with Crippen LogP contribution in [0.25, 0.3) is 10.9 Å². The summed E-state index contributed by atoms with van der Waals surface area (Å²) >= 11 is 0. The molecule has 1 saturated carbocycles. The van der Waals surface area contributed by atoms with Crippen LogP contribution in [0.1, 0.15) is 50.0 Å². The SMILES string of the molecule is C/C(=N\OC(c1ccc(OCc2ccc3ccccc3n2)cc1)C1CCCC1)C(=O)O. The molecular weight excluding hydrogens is 392 g/mol. The zero-order valence-corrected chi connectivity index (χ0v) is 17.5. The molecule has 6 nitrogen and oxygen atoms in total. The molecule has 2 aromatic carbocycles. The lowest BCUT2D eigenvalue weighted by atomic mass is 9.94. The number of aromatic nitrogens is 1. The Balaban J connectivity index is 1.44. The Hall–Kier alpha value is -3.41. The van der Waals surface area contributed by atoms with Gasteiger partial charge in [-0.1, -0.05) is 54.4 Å². The fourth-order valence-electron chi connectivity index (χ4n) is 3.95. The van der Waals surface area contributed by atoms with Crippen molar-refractivity contribution in [2.24, 2.45) is 11.1 Å². The zero-order valence-electron chi connectivity index (χ0n) is 17.5. The summed E-state index contributed by atoms with van der Waals surface area (Å²) in [6, 6.07) is 19.8. The lowest BCUT2D eigenvalue weighted by Crippen LogP contribution is -2.15. The lowest BCUT2D eigenvalue weighted by molar-refractivity contribution is -0.129. The number of rotatable bonds is 8. The Kier molecular flexibility index (Phi) is 6.46. The Morgan fingerprint density at radius 2 is 1.84 bits per heavy atom. The van der Waals surface area contributed by atoms with Gasteiger partial charge in [-0.05, 0) is 49.6 Å². The van der Waals surface area contributed by atoms with E-state index in [1.54, 1.807) is 0 Å². The first kappa shape index (κ1) is 20.8. The van der Waals surface area contributed by atoms with Crippen LogP contribution in [0.2, 0.25) is 0 Å². The molecule has 6 heteroatoms. The molecule has 1 aromatic heterocycles. The van der Waals surface area contributed by atoms with E-state index in [4.69, 9.17) is 14.7 Å². The summed E-state index contributed by atoms with van der Waals surface area (Å²) in [5.74, 6) is 0.00392. The van der Waals surface area contributed by atoms with Crippen LogP contribution in [0.15, 0.2) is 65.8 Å². The standard InChI is InChI=1S/C25H26N2O4/c1-17(25(28)29)27-31-24(19-7-2-3-8-19)20-11-14-22(15-12-20)30-16-21-13-10-18-6-4-5-9-23(18)26-21/h4-6,9-15,19,24H,2-3,7-8,16H2,1H3,(H,28,29)/b27-17+. The number of oxime groups is 1. The van der Waals surface area contributed by atoms with Crippen LogP contribution in [0, 0.1) is 5.92 Å². The molecule has 31 heavy (non-hydrogen) atoms. The highest BCUT2D eigenvalue weighted by Gasteiger charge is 2.28. The maximum absolute atomic E-state index is 11.0. The second-order valence-corrected chi connectivity index (χ2v) is 7.91. The molecule has 3 aromatic rings. The van der Waals surface area contributed by atoms with Crippen LogP contribution in [-0.4, -0.2) is 21.8 Å². The van der Waals surface area contributed by atoms with Crippen LogP contribution in [0.4, 0.5) is 0 Å². The Bertz CT molecular complexity index is 1070. The number of benzene rings is 2. The molecule has 1 fully saturated rings. The fourth-order valence-corrected chi connectivity index (χ4v) is 3.95. The van der Waals surface area contributed by atoms with Gasteiger partial charge < -0.3 is 14.7 Å². The largest absolute Gasteiger partial charge is 0.487 e. The highest BCUT2D eigenvalue weighted by molar-refractivity contribution is 6.34. The average molecular weight is 418 g/mol. The van der Waals surface area contributed by atoms with Gasteiger partial charge in [0.25, 0.3) is 0 Å². The number of nitrogens with zero attached hydrogens (tertiary/aromatic N) is 2. The molecule has 1 heterocycles. The van der Waals surface area contributed by atoms with Crippen LogP contribution in [-0.2, 0) is 16.2 Å². The average Bonchev–Trinajstić information content (AvgIpc) is 3.33. The maximum Gasteiger partial charge on any atom is 0.353 e. The molecule has 1 aliphatic carbocycles. The Labute approximate surface area is 181 Å². The molecule has 0 bridgehead atoms. The minimum absolute atomic E-state index is 0.0502. The summed E-state index contributed by atoms with van der Waals surface area (Å²) in [6.07, 6.45) is 4.17. The lowest BCUT2D eigenvalue weighted by Gasteiger charge is -2.22. The van der Waals surface area contributed by atoms with Gasteiger partial charge in [0, 0.05) is 11.3 Å². The predicted octanol–water partition coefficient (Wildman–Crippen LogP) is 5.52. The van der Waals surface area contributed by atoms with Gasteiger partial charge in [0.1, 0.15) is 12.4 Å². The fraction of sp³-hybridized carbons (Fsp3) is 0.320. The summed E-state index contributed by atoms with van der Waals surface area (Å²) < 4.78 is 5.92. The maximum atomic E-state index is 11.0. The van der Waals surface area contributed by atoms with E-state index in [-0.39, 0.29) is 11.8 Å². The zero-order chi connectivity index (χ0) is 21.6. The number of aliphatic carboxylic acids is 1. The van der Waals surface area contributed by atoms with Gasteiger partial charge in [-0.25, -0.2) is 9.78 Å². The molecule has 4 rings (SSSR count). The number of ether oxygens (including phenoxy) is 1.